The maximum absolute atomic E-state index is 11.1. The van der Waals surface area contributed by atoms with Gasteiger partial charge in [0.1, 0.15) is 0 Å². The van der Waals surface area contributed by atoms with Crippen LogP contribution in [0, 0.1) is 5.92 Å². The van der Waals surface area contributed by atoms with E-state index >= 15 is 0 Å². The van der Waals surface area contributed by atoms with E-state index in [0.717, 1.165) is 0 Å². The van der Waals surface area contributed by atoms with Crippen LogP contribution >= 0.6 is 17.1 Å². The molecule has 0 rings (SSSR count). The highest BCUT2D eigenvalue weighted by atomic mass is 32.9. The molecule has 0 aromatic rings. The van der Waals surface area contributed by atoms with Crippen LogP contribution < -0.4 is 0 Å². The summed E-state index contributed by atoms with van der Waals surface area (Å²) in [7, 11) is 4.40. The van der Waals surface area contributed by atoms with Crippen molar-refractivity contribution >= 4 is 34.9 Å². The summed E-state index contributed by atoms with van der Waals surface area (Å²) >= 11 is 6.48. The lowest BCUT2D eigenvalue weighted by molar-refractivity contribution is -0.143. The second kappa shape index (κ2) is 6.80. The zero-order valence-corrected chi connectivity index (χ0v) is 11.2. The Balaban J connectivity index is 4.04. The van der Waals surface area contributed by atoms with Gasteiger partial charge in [-0.05, 0) is 11.8 Å². The fraction of sp³-hybridized carbons (Fsp3) is 0.857. The van der Waals surface area contributed by atoms with Crippen molar-refractivity contribution in [2.45, 2.75) is 6.92 Å². The normalized spacial score (nSPS) is 13.7. The largest absolute Gasteiger partial charge is 0.469 e. The predicted octanol–water partition coefficient (Wildman–Crippen LogP) is 2.05. The van der Waals surface area contributed by atoms with Gasteiger partial charge in [-0.1, -0.05) is 18.3 Å². The van der Waals surface area contributed by atoms with Gasteiger partial charge in [0, 0.05) is 20.0 Å². The van der Waals surface area contributed by atoms with Crippen molar-refractivity contribution in [2.75, 3.05) is 27.1 Å². The maximum atomic E-state index is 11.1. The fourth-order valence-electron chi connectivity index (χ4n) is 0.652. The zero-order valence-electron chi connectivity index (χ0n) is 8.68. The number of rotatable bonds is 6. The molecular formula is C7H15O4PS2. The Bertz CT molecular complexity index is 226. The topological polar surface area (TPSA) is 44.8 Å². The number of methoxy groups -OCH3 is 1. The Labute approximate surface area is 93.6 Å². The number of hydrogen-bond donors (Lipinski definition) is 0. The van der Waals surface area contributed by atoms with Gasteiger partial charge in [0.05, 0.1) is 13.0 Å². The van der Waals surface area contributed by atoms with Gasteiger partial charge in [-0.25, -0.2) is 0 Å². The van der Waals surface area contributed by atoms with Gasteiger partial charge in [-0.15, -0.1) is 0 Å². The van der Waals surface area contributed by atoms with E-state index in [1.807, 2.05) is 0 Å². The molecule has 0 aliphatic rings. The summed E-state index contributed by atoms with van der Waals surface area (Å²) in [6.45, 7) is 1.78. The molecule has 0 aliphatic carbocycles. The molecule has 1 unspecified atom stereocenters. The highest BCUT2D eigenvalue weighted by Crippen LogP contribution is 2.60. The van der Waals surface area contributed by atoms with E-state index in [9.17, 15) is 4.79 Å². The van der Waals surface area contributed by atoms with Crippen molar-refractivity contribution < 1.29 is 18.6 Å². The lowest BCUT2D eigenvalue weighted by Gasteiger charge is -2.17. The smallest absolute Gasteiger partial charge is 0.309 e. The third-order valence-electron chi connectivity index (χ3n) is 1.53. The Morgan fingerprint density at radius 3 is 2.29 bits per heavy atom. The summed E-state index contributed by atoms with van der Waals surface area (Å²) in [5.74, 6) is 0.106. The maximum Gasteiger partial charge on any atom is 0.309 e. The van der Waals surface area contributed by atoms with E-state index in [0.29, 0.717) is 5.75 Å². The lowest BCUT2D eigenvalue weighted by atomic mass is 10.2. The van der Waals surface area contributed by atoms with Crippen molar-refractivity contribution in [3.05, 3.63) is 0 Å². The number of carbonyl (C=O) groups excluding carboxylic acids is 1. The highest BCUT2D eigenvalue weighted by Gasteiger charge is 2.21. The number of hydrogen-bond acceptors (Lipinski definition) is 6. The van der Waals surface area contributed by atoms with Gasteiger partial charge in [0.15, 0.2) is 0 Å². The van der Waals surface area contributed by atoms with Crippen LogP contribution in [0.4, 0.5) is 0 Å². The Kier molecular flexibility index (Phi) is 6.99. The predicted molar refractivity (Wildman–Crippen MR) is 61.9 cm³/mol. The average Bonchev–Trinajstić information content (AvgIpc) is 2.24. The van der Waals surface area contributed by atoms with Crippen LogP contribution in [0.15, 0.2) is 0 Å². The lowest BCUT2D eigenvalue weighted by Crippen LogP contribution is -2.14. The van der Waals surface area contributed by atoms with Crippen molar-refractivity contribution in [3.8, 4) is 0 Å². The number of carbonyl (C=O) groups is 1. The molecule has 0 bridgehead atoms. The van der Waals surface area contributed by atoms with Crippen LogP contribution in [-0.4, -0.2) is 33.1 Å². The Morgan fingerprint density at radius 2 is 1.93 bits per heavy atom. The second-order valence-electron chi connectivity index (χ2n) is 2.53. The number of esters is 1. The SMILES string of the molecule is COC(=O)C(C)CSP(=S)(OC)OC. The van der Waals surface area contributed by atoms with E-state index in [1.54, 1.807) is 6.92 Å². The second-order valence-corrected chi connectivity index (χ2v) is 9.10. The first-order valence-electron chi connectivity index (χ1n) is 3.93. The molecular weight excluding hydrogens is 243 g/mol. The van der Waals surface area contributed by atoms with Gasteiger partial charge >= 0.3 is 5.97 Å². The van der Waals surface area contributed by atoms with E-state index in [2.05, 4.69) is 4.74 Å². The fourth-order valence-corrected chi connectivity index (χ4v) is 3.95. The van der Waals surface area contributed by atoms with Crippen LogP contribution in [-0.2, 0) is 30.4 Å². The molecule has 7 heteroatoms. The molecule has 0 aliphatic heterocycles. The molecule has 0 fully saturated rings. The monoisotopic (exact) mass is 258 g/mol. The van der Waals surface area contributed by atoms with Crippen LogP contribution in [0.1, 0.15) is 6.92 Å². The Hall–Kier alpha value is 0.390. The minimum absolute atomic E-state index is 0.197. The van der Waals surface area contributed by atoms with E-state index in [1.165, 1.54) is 32.7 Å². The van der Waals surface area contributed by atoms with Crippen molar-refractivity contribution in [1.82, 2.24) is 0 Å². The van der Waals surface area contributed by atoms with Crippen molar-refractivity contribution in [1.29, 1.82) is 0 Å². The van der Waals surface area contributed by atoms with Crippen LogP contribution in [0.3, 0.4) is 0 Å². The standard InChI is InChI=1S/C7H15O4PS2/c1-6(7(8)9-2)5-14-12(13,10-3)11-4/h6H,5H2,1-4H3. The van der Waals surface area contributed by atoms with Crippen LogP contribution in [0.5, 0.6) is 0 Å². The molecule has 84 valence electrons. The highest BCUT2D eigenvalue weighted by molar-refractivity contribution is 8.67. The summed E-state index contributed by atoms with van der Waals surface area (Å²) in [5, 5.41) is 0. The first-order valence-corrected chi connectivity index (χ1v) is 8.16. The third kappa shape index (κ3) is 4.75. The molecule has 0 aromatic heterocycles. The quantitative estimate of drug-likeness (QED) is 0.536. The van der Waals surface area contributed by atoms with Gasteiger partial charge in [-0.3, -0.25) is 4.79 Å². The van der Waals surface area contributed by atoms with Gasteiger partial charge in [-0.2, -0.15) is 0 Å². The summed E-state index contributed by atoms with van der Waals surface area (Å²) in [5.41, 5.74) is -2.24. The molecule has 1 atom stereocenters. The molecule has 0 amide bonds. The summed E-state index contributed by atoms with van der Waals surface area (Å²) in [6.07, 6.45) is 0. The van der Waals surface area contributed by atoms with Crippen LogP contribution in [0.25, 0.3) is 0 Å². The molecule has 4 nitrogen and oxygen atoms in total. The first-order chi connectivity index (χ1) is 6.49. The first kappa shape index (κ1) is 14.4. The van der Waals surface area contributed by atoms with Crippen molar-refractivity contribution in [2.24, 2.45) is 5.92 Å². The van der Waals surface area contributed by atoms with Crippen molar-refractivity contribution in [3.63, 3.8) is 0 Å². The molecule has 0 saturated heterocycles. The molecule has 14 heavy (non-hydrogen) atoms. The van der Waals surface area contributed by atoms with E-state index < -0.39 is 5.69 Å². The molecule has 0 aromatic carbocycles. The minimum atomic E-state index is -2.24. The molecule has 0 saturated carbocycles. The van der Waals surface area contributed by atoms with Gasteiger partial charge in [0.2, 0.25) is 5.69 Å². The molecule has 0 spiro atoms. The minimum Gasteiger partial charge on any atom is -0.469 e. The molecule has 0 N–H and O–H groups in total. The van der Waals surface area contributed by atoms with Gasteiger partial charge in [0.25, 0.3) is 0 Å². The zero-order chi connectivity index (χ0) is 11.2. The van der Waals surface area contributed by atoms with Gasteiger partial charge < -0.3 is 13.8 Å². The van der Waals surface area contributed by atoms with Crippen LogP contribution in [0.2, 0.25) is 0 Å². The molecule has 0 radical (unpaired) electrons. The molecule has 0 heterocycles. The Morgan fingerprint density at radius 1 is 1.43 bits per heavy atom. The third-order valence-corrected chi connectivity index (χ3v) is 7.53. The van der Waals surface area contributed by atoms with E-state index in [4.69, 9.17) is 20.9 Å². The number of ether oxygens (including phenoxy) is 1. The summed E-state index contributed by atoms with van der Waals surface area (Å²) in [4.78, 5) is 11.1. The van der Waals surface area contributed by atoms with E-state index in [-0.39, 0.29) is 11.9 Å². The summed E-state index contributed by atoms with van der Waals surface area (Å²) < 4.78 is 14.7. The summed E-state index contributed by atoms with van der Waals surface area (Å²) in [6, 6.07) is 0. The average molecular weight is 258 g/mol.